The number of benzene rings is 7. The average molecular weight is 603 g/mol. The Balaban J connectivity index is 1.39. The molecule has 8 rings (SSSR count). The fraction of sp³-hybridized carbons (Fsp3) is 0. The highest BCUT2D eigenvalue weighted by atomic mass is 28.3. The molecule has 0 saturated carbocycles. The van der Waals surface area contributed by atoms with Crippen LogP contribution in [0, 0.1) is 6.57 Å². The van der Waals surface area contributed by atoms with Gasteiger partial charge in [0.1, 0.15) is 0 Å². The SMILES string of the molecule is [C-]#[N+]c1ccc([Si](c2ccccc2)(c2ccccc2)c2ccccc2)c(-c2ccc(-n3c4ccccc4c4ccccc43)cc2)c1. The van der Waals surface area contributed by atoms with Crippen molar-refractivity contribution in [2.75, 3.05) is 0 Å². The predicted molar refractivity (Wildman–Crippen MR) is 196 cm³/mol. The zero-order chi connectivity index (χ0) is 30.9. The van der Waals surface area contributed by atoms with E-state index < -0.39 is 8.07 Å². The van der Waals surface area contributed by atoms with E-state index in [0.29, 0.717) is 5.69 Å². The molecule has 0 N–H and O–H groups in total. The maximum Gasteiger partial charge on any atom is 0.187 e. The van der Waals surface area contributed by atoms with Gasteiger partial charge in [0.15, 0.2) is 13.8 Å². The van der Waals surface area contributed by atoms with Gasteiger partial charge in [-0.15, -0.1) is 0 Å². The molecule has 0 aliphatic heterocycles. The molecular weight excluding hydrogens is 573 g/mol. The predicted octanol–water partition coefficient (Wildman–Crippen LogP) is 8.38. The summed E-state index contributed by atoms with van der Waals surface area (Å²) in [5.41, 5.74) is 6.34. The second-order valence-electron chi connectivity index (χ2n) is 11.6. The zero-order valence-electron chi connectivity index (χ0n) is 25.2. The first-order valence-electron chi connectivity index (χ1n) is 15.6. The van der Waals surface area contributed by atoms with Crippen LogP contribution in [0.15, 0.2) is 182 Å². The molecule has 0 radical (unpaired) electrons. The summed E-state index contributed by atoms with van der Waals surface area (Å²) in [6.07, 6.45) is 0. The lowest BCUT2D eigenvalue weighted by Crippen LogP contribution is -2.75. The van der Waals surface area contributed by atoms with E-state index in [0.717, 1.165) is 16.8 Å². The summed E-state index contributed by atoms with van der Waals surface area (Å²) in [5, 5.41) is 7.70. The molecule has 0 unspecified atom stereocenters. The lowest BCUT2D eigenvalue weighted by Gasteiger charge is -2.36. The third-order valence-corrected chi connectivity index (χ3v) is 14.0. The van der Waals surface area contributed by atoms with Crippen LogP contribution in [0.1, 0.15) is 0 Å². The average Bonchev–Trinajstić information content (AvgIpc) is 3.48. The first-order chi connectivity index (χ1) is 22.8. The van der Waals surface area contributed by atoms with Crippen molar-refractivity contribution < 1.29 is 0 Å². The van der Waals surface area contributed by atoms with Gasteiger partial charge in [0.05, 0.1) is 17.6 Å². The first-order valence-corrected chi connectivity index (χ1v) is 17.6. The third kappa shape index (κ3) is 4.39. The molecule has 1 aromatic heterocycles. The molecule has 216 valence electrons. The Morgan fingerprint density at radius 1 is 0.457 bits per heavy atom. The summed E-state index contributed by atoms with van der Waals surface area (Å²) in [6.45, 7) is 7.94. The van der Waals surface area contributed by atoms with Gasteiger partial charge < -0.3 is 4.57 Å². The molecule has 3 heteroatoms. The van der Waals surface area contributed by atoms with Crippen LogP contribution in [-0.4, -0.2) is 12.6 Å². The minimum Gasteiger partial charge on any atom is -0.309 e. The monoisotopic (exact) mass is 602 g/mol. The second-order valence-corrected chi connectivity index (χ2v) is 15.4. The van der Waals surface area contributed by atoms with Crippen LogP contribution in [0.5, 0.6) is 0 Å². The van der Waals surface area contributed by atoms with Crippen LogP contribution in [0.4, 0.5) is 5.69 Å². The standard InChI is InChI=1S/C43H30N2Si/c1-44-33-27-30-43(46(35-15-5-2-6-16-35,36-17-7-3-8-18-36)37-19-9-4-10-20-37)40(31-33)32-25-28-34(29-26-32)45-41-23-13-11-21-38(41)39-22-12-14-24-42(39)45/h2-31H. The zero-order valence-corrected chi connectivity index (χ0v) is 26.2. The van der Waals surface area contributed by atoms with Gasteiger partial charge in [-0.1, -0.05) is 152 Å². The Hall–Kier alpha value is -5.95. The van der Waals surface area contributed by atoms with Crippen LogP contribution in [0.2, 0.25) is 0 Å². The molecule has 0 aliphatic carbocycles. The van der Waals surface area contributed by atoms with E-state index in [1.54, 1.807) is 0 Å². The van der Waals surface area contributed by atoms with Gasteiger partial charge >= 0.3 is 0 Å². The van der Waals surface area contributed by atoms with E-state index in [2.05, 4.69) is 185 Å². The van der Waals surface area contributed by atoms with Crippen molar-refractivity contribution in [2.24, 2.45) is 0 Å². The molecule has 8 aromatic rings. The maximum absolute atomic E-state index is 7.94. The van der Waals surface area contributed by atoms with Crippen molar-refractivity contribution >= 4 is 56.3 Å². The van der Waals surface area contributed by atoms with Gasteiger partial charge in [-0.25, -0.2) is 4.85 Å². The van der Waals surface area contributed by atoms with Crippen LogP contribution >= 0.6 is 0 Å². The van der Waals surface area contributed by atoms with Gasteiger partial charge in [-0.2, -0.15) is 0 Å². The van der Waals surface area contributed by atoms with Gasteiger partial charge in [0, 0.05) is 16.5 Å². The molecule has 7 aromatic carbocycles. The first kappa shape index (κ1) is 27.6. The van der Waals surface area contributed by atoms with Crippen LogP contribution in [-0.2, 0) is 0 Å². The molecule has 0 bridgehead atoms. The van der Waals surface area contributed by atoms with Crippen LogP contribution in [0.25, 0.3) is 43.5 Å². The normalized spacial score (nSPS) is 11.5. The van der Waals surface area contributed by atoms with Gasteiger partial charge in [-0.3, -0.25) is 0 Å². The number of para-hydroxylation sites is 2. The molecule has 0 aliphatic rings. The number of hydrogen-bond acceptors (Lipinski definition) is 0. The van der Waals surface area contributed by atoms with Crippen LogP contribution < -0.4 is 20.7 Å². The summed E-state index contributed by atoms with van der Waals surface area (Å²) in [6, 6.07) is 65.3. The van der Waals surface area contributed by atoms with Crippen molar-refractivity contribution in [3.63, 3.8) is 0 Å². The molecule has 0 fully saturated rings. The van der Waals surface area contributed by atoms with E-state index in [1.807, 2.05) is 6.07 Å². The van der Waals surface area contributed by atoms with Gasteiger partial charge in [0.25, 0.3) is 0 Å². The number of rotatable bonds is 6. The quantitative estimate of drug-likeness (QED) is 0.103. The molecule has 46 heavy (non-hydrogen) atoms. The van der Waals surface area contributed by atoms with Crippen molar-refractivity contribution in [2.45, 2.75) is 0 Å². The number of nitrogens with zero attached hydrogens (tertiary/aromatic N) is 2. The smallest absolute Gasteiger partial charge is 0.187 e. The maximum atomic E-state index is 7.94. The Morgan fingerprint density at radius 3 is 1.39 bits per heavy atom. The highest BCUT2D eigenvalue weighted by Crippen LogP contribution is 2.33. The van der Waals surface area contributed by atoms with Crippen molar-refractivity contribution in [3.05, 3.63) is 193 Å². The fourth-order valence-electron chi connectivity index (χ4n) is 7.19. The molecule has 2 nitrogen and oxygen atoms in total. The van der Waals surface area contributed by atoms with Gasteiger partial charge in [-0.05, 0) is 62.2 Å². The van der Waals surface area contributed by atoms with Crippen molar-refractivity contribution in [1.82, 2.24) is 4.57 Å². The summed E-state index contributed by atoms with van der Waals surface area (Å²) in [5.74, 6) is 0. The topological polar surface area (TPSA) is 9.29 Å². The fourth-order valence-corrected chi connectivity index (χ4v) is 12.2. The van der Waals surface area contributed by atoms with E-state index in [4.69, 9.17) is 6.57 Å². The van der Waals surface area contributed by atoms with E-state index in [-0.39, 0.29) is 0 Å². The van der Waals surface area contributed by atoms with Gasteiger partial charge in [0.2, 0.25) is 0 Å². The van der Waals surface area contributed by atoms with E-state index in [1.165, 1.54) is 42.6 Å². The van der Waals surface area contributed by atoms with Crippen molar-refractivity contribution in [1.29, 1.82) is 0 Å². The molecule has 1 heterocycles. The minimum absolute atomic E-state index is 0.641. The summed E-state index contributed by atoms with van der Waals surface area (Å²) in [7, 11) is -2.81. The highest BCUT2D eigenvalue weighted by Gasteiger charge is 2.42. The largest absolute Gasteiger partial charge is 0.309 e. The Morgan fingerprint density at radius 2 is 0.913 bits per heavy atom. The summed E-state index contributed by atoms with van der Waals surface area (Å²) < 4.78 is 2.35. The number of fused-ring (bicyclic) bond motifs is 3. The van der Waals surface area contributed by atoms with E-state index in [9.17, 15) is 0 Å². The Labute approximate surface area is 270 Å². The molecule has 0 atom stereocenters. The Kier molecular flexibility index (Phi) is 6.91. The van der Waals surface area contributed by atoms with Crippen molar-refractivity contribution in [3.8, 4) is 16.8 Å². The summed E-state index contributed by atoms with van der Waals surface area (Å²) in [4.78, 5) is 3.89. The minimum atomic E-state index is -2.81. The Bertz CT molecular complexity index is 2200. The summed E-state index contributed by atoms with van der Waals surface area (Å²) >= 11 is 0. The molecule has 0 saturated heterocycles. The molecular formula is C43H30N2Si. The number of hydrogen-bond donors (Lipinski definition) is 0. The second kappa shape index (κ2) is 11.5. The lowest BCUT2D eigenvalue weighted by atomic mass is 10.0. The van der Waals surface area contributed by atoms with Crippen LogP contribution in [0.3, 0.4) is 0 Å². The number of aromatic nitrogens is 1. The lowest BCUT2D eigenvalue weighted by molar-refractivity contribution is 1.18. The third-order valence-electron chi connectivity index (χ3n) is 9.17. The van der Waals surface area contributed by atoms with E-state index >= 15 is 0 Å². The molecule has 0 amide bonds. The molecule has 0 spiro atoms. The highest BCUT2D eigenvalue weighted by molar-refractivity contribution is 7.20.